The van der Waals surface area contributed by atoms with Crippen LogP contribution in [0.5, 0.6) is 0 Å². The van der Waals surface area contributed by atoms with Gasteiger partial charge in [0, 0.05) is 19.0 Å². The van der Waals surface area contributed by atoms with Crippen molar-refractivity contribution in [3.63, 3.8) is 0 Å². The Kier molecular flexibility index (Phi) is 6.79. The number of carbonyl (C=O) groups is 2. The van der Waals surface area contributed by atoms with Gasteiger partial charge in [0.15, 0.2) is 0 Å². The molecule has 0 unspecified atom stereocenters. The normalized spacial score (nSPS) is 13.4. The topological polar surface area (TPSA) is 55.4 Å². The van der Waals surface area contributed by atoms with Crippen molar-refractivity contribution in [3.8, 4) is 11.1 Å². The minimum Gasteiger partial charge on any atom is -0.469 e. The Labute approximate surface area is 165 Å². The van der Waals surface area contributed by atoms with Gasteiger partial charge in [0.1, 0.15) is 0 Å². The van der Waals surface area contributed by atoms with Crippen LogP contribution in [0.3, 0.4) is 0 Å². The summed E-state index contributed by atoms with van der Waals surface area (Å²) in [6.07, 6.45) is 8.64. The largest absolute Gasteiger partial charge is 0.469 e. The van der Waals surface area contributed by atoms with Crippen LogP contribution in [-0.4, -0.2) is 25.5 Å². The second-order valence-electron chi connectivity index (χ2n) is 6.74. The van der Waals surface area contributed by atoms with E-state index in [2.05, 4.69) is 34.3 Å². The van der Waals surface area contributed by atoms with E-state index in [4.69, 9.17) is 0 Å². The third-order valence-electron chi connectivity index (χ3n) is 4.80. The van der Waals surface area contributed by atoms with Crippen LogP contribution < -0.4 is 5.32 Å². The maximum atomic E-state index is 12.4. The number of benzene rings is 2. The van der Waals surface area contributed by atoms with Crippen molar-refractivity contribution in [2.24, 2.45) is 0 Å². The van der Waals surface area contributed by atoms with Crippen molar-refractivity contribution in [3.05, 3.63) is 71.8 Å². The molecule has 1 aliphatic rings. The molecule has 0 fully saturated rings. The van der Waals surface area contributed by atoms with Gasteiger partial charge in [0.05, 0.1) is 7.11 Å². The zero-order chi connectivity index (χ0) is 19.8. The summed E-state index contributed by atoms with van der Waals surface area (Å²) in [7, 11) is 1.40. The smallest absolute Gasteiger partial charge is 0.305 e. The molecular formula is C24H25NO3. The van der Waals surface area contributed by atoms with Gasteiger partial charge in [-0.2, -0.15) is 0 Å². The molecule has 4 heteroatoms. The van der Waals surface area contributed by atoms with E-state index < -0.39 is 0 Å². The number of ether oxygens (including phenoxy) is 1. The minimum absolute atomic E-state index is 0.103. The molecule has 3 rings (SSSR count). The highest BCUT2D eigenvalue weighted by Gasteiger charge is 2.14. The van der Waals surface area contributed by atoms with Crippen LogP contribution in [0, 0.1) is 0 Å². The lowest BCUT2D eigenvalue weighted by atomic mass is 9.94. The van der Waals surface area contributed by atoms with Crippen LogP contribution in [0.15, 0.2) is 60.7 Å². The Balaban J connectivity index is 1.64. The van der Waals surface area contributed by atoms with Gasteiger partial charge in [-0.05, 0) is 40.7 Å². The number of methoxy groups -OCH3 is 1. The number of amides is 1. The van der Waals surface area contributed by atoms with Crippen LogP contribution in [-0.2, 0) is 14.3 Å². The first-order chi connectivity index (χ1) is 13.7. The summed E-state index contributed by atoms with van der Waals surface area (Å²) in [5.74, 6) is -0.290. The molecule has 28 heavy (non-hydrogen) atoms. The van der Waals surface area contributed by atoms with E-state index in [1.807, 2.05) is 36.4 Å². The highest BCUT2D eigenvalue weighted by Crippen LogP contribution is 2.35. The number of unbranched alkanes of at least 4 members (excludes halogenated alkanes) is 2. The summed E-state index contributed by atoms with van der Waals surface area (Å²) >= 11 is 0. The number of carbonyl (C=O) groups excluding carboxylic acids is 2. The Bertz CT molecular complexity index is 912. The zero-order valence-corrected chi connectivity index (χ0v) is 16.1. The average Bonchev–Trinajstić information content (AvgIpc) is 2.88. The van der Waals surface area contributed by atoms with Gasteiger partial charge in [-0.25, -0.2) is 0 Å². The molecule has 0 spiro atoms. The van der Waals surface area contributed by atoms with Crippen molar-refractivity contribution in [1.29, 1.82) is 0 Å². The number of allylic oxidation sites excluding steroid dienone is 2. The summed E-state index contributed by atoms with van der Waals surface area (Å²) in [6, 6.07) is 16.4. The van der Waals surface area contributed by atoms with Gasteiger partial charge in [-0.15, -0.1) is 0 Å². The van der Waals surface area contributed by atoms with Crippen LogP contribution in [0.25, 0.3) is 22.8 Å². The molecule has 0 saturated carbocycles. The minimum atomic E-state index is -0.186. The maximum Gasteiger partial charge on any atom is 0.305 e. The summed E-state index contributed by atoms with van der Waals surface area (Å²) in [6.45, 7) is 0.593. The number of fused-ring (bicyclic) bond motifs is 3. The second-order valence-corrected chi connectivity index (χ2v) is 6.74. The standard InChI is InChI=1S/C24H25NO3/c1-28-24(27)13-3-2-8-16-25-23(26)17-19-15-14-18-9-4-5-10-20(18)22-12-7-6-11-21(19)22/h4-7,9-12,14-15,17H,2-3,8,13,16H2,1H3,(H,25,26). The van der Waals surface area contributed by atoms with Crippen molar-refractivity contribution in [1.82, 2.24) is 5.32 Å². The van der Waals surface area contributed by atoms with Crippen LogP contribution in [0.1, 0.15) is 36.8 Å². The molecule has 2 aromatic carbocycles. The molecule has 0 aliphatic heterocycles. The third-order valence-corrected chi connectivity index (χ3v) is 4.80. The zero-order valence-electron chi connectivity index (χ0n) is 16.1. The van der Waals surface area contributed by atoms with Crippen molar-refractivity contribution in [2.45, 2.75) is 25.7 Å². The van der Waals surface area contributed by atoms with Crippen LogP contribution in [0.2, 0.25) is 0 Å². The predicted octanol–water partition coefficient (Wildman–Crippen LogP) is 4.61. The van der Waals surface area contributed by atoms with Gasteiger partial charge in [-0.1, -0.05) is 67.1 Å². The van der Waals surface area contributed by atoms with E-state index in [0.717, 1.165) is 41.5 Å². The summed E-state index contributed by atoms with van der Waals surface area (Å²) in [5.41, 5.74) is 5.39. The maximum absolute atomic E-state index is 12.4. The molecule has 1 N–H and O–H groups in total. The lowest BCUT2D eigenvalue weighted by molar-refractivity contribution is -0.140. The molecular weight excluding hydrogens is 350 g/mol. The number of hydrogen-bond donors (Lipinski definition) is 1. The molecule has 0 saturated heterocycles. The van der Waals surface area contributed by atoms with E-state index in [1.54, 1.807) is 6.08 Å². The lowest BCUT2D eigenvalue weighted by Crippen LogP contribution is -2.22. The summed E-state index contributed by atoms with van der Waals surface area (Å²) < 4.78 is 4.62. The molecule has 1 aliphatic carbocycles. The highest BCUT2D eigenvalue weighted by atomic mass is 16.5. The van der Waals surface area contributed by atoms with Crippen molar-refractivity contribution in [2.75, 3.05) is 13.7 Å². The fourth-order valence-corrected chi connectivity index (χ4v) is 3.33. The number of nitrogens with one attached hydrogen (secondary N) is 1. The van der Waals surface area contributed by atoms with Crippen LogP contribution >= 0.6 is 0 Å². The predicted molar refractivity (Wildman–Crippen MR) is 112 cm³/mol. The molecule has 0 aromatic heterocycles. The lowest BCUT2D eigenvalue weighted by Gasteiger charge is -2.10. The fraction of sp³-hybridized carbons (Fsp3) is 0.250. The number of hydrogen-bond acceptors (Lipinski definition) is 3. The molecule has 0 bridgehead atoms. The molecule has 4 nitrogen and oxygen atoms in total. The first-order valence-corrected chi connectivity index (χ1v) is 9.62. The Morgan fingerprint density at radius 2 is 1.61 bits per heavy atom. The van der Waals surface area contributed by atoms with E-state index >= 15 is 0 Å². The molecule has 0 heterocycles. The van der Waals surface area contributed by atoms with Gasteiger partial charge in [-0.3, -0.25) is 9.59 Å². The van der Waals surface area contributed by atoms with E-state index in [-0.39, 0.29) is 11.9 Å². The summed E-state index contributed by atoms with van der Waals surface area (Å²) in [5, 5.41) is 2.94. The van der Waals surface area contributed by atoms with Gasteiger partial charge in [0.2, 0.25) is 5.91 Å². The van der Waals surface area contributed by atoms with E-state index in [9.17, 15) is 9.59 Å². The van der Waals surface area contributed by atoms with Crippen molar-refractivity contribution >= 4 is 23.5 Å². The summed E-state index contributed by atoms with van der Waals surface area (Å²) in [4.78, 5) is 23.5. The molecule has 2 aromatic rings. The van der Waals surface area contributed by atoms with Gasteiger partial charge < -0.3 is 10.1 Å². The number of rotatable bonds is 7. The molecule has 144 valence electrons. The van der Waals surface area contributed by atoms with Gasteiger partial charge in [0.25, 0.3) is 0 Å². The number of esters is 1. The molecule has 1 amide bonds. The van der Waals surface area contributed by atoms with Crippen molar-refractivity contribution < 1.29 is 14.3 Å². The Hall–Kier alpha value is -3.14. The molecule has 0 atom stereocenters. The molecule has 0 radical (unpaired) electrons. The third kappa shape index (κ3) is 4.97. The SMILES string of the molecule is COC(=O)CCCCCNC(=O)C=C1C=Cc2ccccc2-c2ccccc21. The fourth-order valence-electron chi connectivity index (χ4n) is 3.33. The van der Waals surface area contributed by atoms with Gasteiger partial charge >= 0.3 is 5.97 Å². The first-order valence-electron chi connectivity index (χ1n) is 9.62. The Morgan fingerprint density at radius 1 is 0.893 bits per heavy atom. The van der Waals surface area contributed by atoms with Crippen LogP contribution in [0.4, 0.5) is 0 Å². The highest BCUT2D eigenvalue weighted by molar-refractivity contribution is 6.02. The van der Waals surface area contributed by atoms with E-state index in [0.29, 0.717) is 13.0 Å². The quantitative estimate of drug-likeness (QED) is 0.437. The second kappa shape index (κ2) is 9.70. The first kappa shape index (κ1) is 19.6. The van der Waals surface area contributed by atoms with E-state index in [1.165, 1.54) is 12.7 Å². The monoisotopic (exact) mass is 375 g/mol. The average molecular weight is 375 g/mol. The Morgan fingerprint density at radius 3 is 2.39 bits per heavy atom.